The molecule has 1 atom stereocenters. The Hall–Kier alpha value is -1.28. The average Bonchev–Trinajstić information content (AvgIpc) is 2.47. The van der Waals surface area contributed by atoms with Gasteiger partial charge in [-0.15, -0.1) is 0 Å². The first kappa shape index (κ1) is 15.1. The van der Waals surface area contributed by atoms with E-state index in [1.165, 1.54) is 22.4 Å². The van der Waals surface area contributed by atoms with Crippen molar-refractivity contribution in [3.05, 3.63) is 63.6 Å². The molecule has 0 fully saturated rings. The summed E-state index contributed by atoms with van der Waals surface area (Å²) in [6.45, 7) is 6.55. The van der Waals surface area contributed by atoms with Crippen molar-refractivity contribution in [3.63, 3.8) is 0 Å². The molecule has 0 radical (unpaired) electrons. The number of aryl methyl sites for hydroxylation is 2. The van der Waals surface area contributed by atoms with E-state index in [2.05, 4.69) is 84.5 Å². The molecular formula is C18H22BrN. The van der Waals surface area contributed by atoms with Crippen LogP contribution in [0.4, 0.5) is 5.69 Å². The van der Waals surface area contributed by atoms with Gasteiger partial charge in [0.1, 0.15) is 0 Å². The third kappa shape index (κ3) is 3.63. The highest BCUT2D eigenvalue weighted by Gasteiger charge is 2.11. The van der Waals surface area contributed by atoms with Gasteiger partial charge in [0, 0.05) is 10.2 Å². The van der Waals surface area contributed by atoms with E-state index in [1.54, 1.807) is 0 Å². The average molecular weight is 332 g/mol. The second-order valence-electron chi connectivity index (χ2n) is 5.17. The van der Waals surface area contributed by atoms with Crippen LogP contribution in [0.2, 0.25) is 0 Å². The minimum absolute atomic E-state index is 0.363. The van der Waals surface area contributed by atoms with Gasteiger partial charge in [0.15, 0.2) is 0 Å². The zero-order valence-electron chi connectivity index (χ0n) is 12.4. The van der Waals surface area contributed by atoms with Crippen molar-refractivity contribution in [3.8, 4) is 0 Å². The van der Waals surface area contributed by atoms with E-state index in [9.17, 15) is 0 Å². The third-order valence-corrected chi connectivity index (χ3v) is 4.16. The number of halogens is 1. The molecule has 0 saturated heterocycles. The first-order valence-corrected chi connectivity index (χ1v) is 8.04. The lowest BCUT2D eigenvalue weighted by Crippen LogP contribution is -2.11. The monoisotopic (exact) mass is 331 g/mol. The number of nitrogens with one attached hydrogen (secondary N) is 1. The van der Waals surface area contributed by atoms with Crippen LogP contribution in [-0.2, 0) is 6.42 Å². The number of hydrogen-bond acceptors (Lipinski definition) is 1. The van der Waals surface area contributed by atoms with Crippen molar-refractivity contribution in [1.82, 2.24) is 0 Å². The fourth-order valence-electron chi connectivity index (χ4n) is 2.40. The van der Waals surface area contributed by atoms with Gasteiger partial charge in [-0.2, -0.15) is 0 Å². The van der Waals surface area contributed by atoms with Crippen LogP contribution in [0.1, 0.15) is 43.0 Å². The highest BCUT2D eigenvalue weighted by molar-refractivity contribution is 9.10. The molecule has 0 aliphatic carbocycles. The minimum Gasteiger partial charge on any atom is -0.378 e. The van der Waals surface area contributed by atoms with Gasteiger partial charge in [-0.05, 0) is 49.1 Å². The molecule has 0 aromatic heterocycles. The fourth-order valence-corrected chi connectivity index (χ4v) is 2.81. The molecule has 2 heteroatoms. The molecule has 0 aliphatic heterocycles. The number of benzene rings is 2. The maximum absolute atomic E-state index is 3.69. The molecule has 1 nitrogen and oxygen atoms in total. The van der Waals surface area contributed by atoms with E-state index in [1.807, 2.05) is 0 Å². The lowest BCUT2D eigenvalue weighted by atomic mass is 10.0. The van der Waals surface area contributed by atoms with Gasteiger partial charge < -0.3 is 5.32 Å². The Morgan fingerprint density at radius 2 is 1.75 bits per heavy atom. The van der Waals surface area contributed by atoms with Gasteiger partial charge in [0.25, 0.3) is 0 Å². The van der Waals surface area contributed by atoms with Gasteiger partial charge in [-0.25, -0.2) is 0 Å². The summed E-state index contributed by atoms with van der Waals surface area (Å²) < 4.78 is 1.14. The van der Waals surface area contributed by atoms with Crippen LogP contribution < -0.4 is 5.32 Å². The van der Waals surface area contributed by atoms with E-state index < -0.39 is 0 Å². The quantitative estimate of drug-likeness (QED) is 0.720. The fraction of sp³-hybridized carbons (Fsp3) is 0.333. The van der Waals surface area contributed by atoms with Crippen LogP contribution in [0.15, 0.2) is 46.9 Å². The van der Waals surface area contributed by atoms with Gasteiger partial charge in [0.2, 0.25) is 0 Å². The van der Waals surface area contributed by atoms with Crippen molar-refractivity contribution in [2.75, 3.05) is 5.32 Å². The van der Waals surface area contributed by atoms with Crippen molar-refractivity contribution in [1.29, 1.82) is 0 Å². The SMILES string of the molecule is CCc1cc(Br)ccc1NC(CC)c1ccc(C)cc1. The summed E-state index contributed by atoms with van der Waals surface area (Å²) >= 11 is 3.55. The predicted molar refractivity (Wildman–Crippen MR) is 91.4 cm³/mol. The standard InChI is InChI=1S/C18H22BrN/c1-4-14-12-16(19)10-11-18(14)20-17(5-2)15-8-6-13(3)7-9-15/h6-12,17,20H,4-5H2,1-3H3. The minimum atomic E-state index is 0.363. The van der Waals surface area contributed by atoms with Crippen LogP contribution in [0.5, 0.6) is 0 Å². The van der Waals surface area contributed by atoms with E-state index in [4.69, 9.17) is 0 Å². The van der Waals surface area contributed by atoms with Crippen LogP contribution >= 0.6 is 15.9 Å². The van der Waals surface area contributed by atoms with Crippen molar-refractivity contribution < 1.29 is 0 Å². The van der Waals surface area contributed by atoms with Gasteiger partial charge in [0.05, 0.1) is 6.04 Å². The zero-order chi connectivity index (χ0) is 14.5. The van der Waals surface area contributed by atoms with Gasteiger partial charge in [-0.1, -0.05) is 59.6 Å². The number of rotatable bonds is 5. The summed E-state index contributed by atoms with van der Waals surface area (Å²) in [4.78, 5) is 0. The maximum Gasteiger partial charge on any atom is 0.0511 e. The Kier molecular flexibility index (Phi) is 5.24. The summed E-state index contributed by atoms with van der Waals surface area (Å²) in [6.07, 6.45) is 2.11. The second kappa shape index (κ2) is 6.94. The topological polar surface area (TPSA) is 12.0 Å². The highest BCUT2D eigenvalue weighted by atomic mass is 79.9. The van der Waals surface area contributed by atoms with Crippen LogP contribution in [0.3, 0.4) is 0 Å². The summed E-state index contributed by atoms with van der Waals surface area (Å²) in [5.41, 5.74) is 5.25. The van der Waals surface area contributed by atoms with Gasteiger partial charge >= 0.3 is 0 Å². The Balaban J connectivity index is 2.24. The number of hydrogen-bond donors (Lipinski definition) is 1. The molecule has 0 heterocycles. The third-order valence-electron chi connectivity index (χ3n) is 3.67. The first-order valence-electron chi connectivity index (χ1n) is 7.25. The molecule has 0 bridgehead atoms. The molecule has 106 valence electrons. The van der Waals surface area contributed by atoms with Crippen molar-refractivity contribution in [2.45, 2.75) is 39.7 Å². The Labute approximate surface area is 130 Å². The van der Waals surface area contributed by atoms with E-state index >= 15 is 0 Å². The predicted octanol–water partition coefficient (Wildman–Crippen LogP) is 5.88. The molecule has 0 aliphatic rings. The summed E-state index contributed by atoms with van der Waals surface area (Å²) in [5, 5.41) is 3.69. The van der Waals surface area contributed by atoms with Crippen LogP contribution in [-0.4, -0.2) is 0 Å². The molecule has 0 saturated carbocycles. The molecule has 2 rings (SSSR count). The van der Waals surface area contributed by atoms with Crippen molar-refractivity contribution in [2.24, 2.45) is 0 Å². The second-order valence-corrected chi connectivity index (χ2v) is 6.09. The zero-order valence-corrected chi connectivity index (χ0v) is 14.0. The molecular weight excluding hydrogens is 310 g/mol. The van der Waals surface area contributed by atoms with Gasteiger partial charge in [-0.3, -0.25) is 0 Å². The summed E-state index contributed by atoms with van der Waals surface area (Å²) in [7, 11) is 0. The van der Waals surface area contributed by atoms with E-state index in [0.717, 1.165) is 17.3 Å². The summed E-state index contributed by atoms with van der Waals surface area (Å²) in [6, 6.07) is 15.6. The smallest absolute Gasteiger partial charge is 0.0511 e. The first-order chi connectivity index (χ1) is 9.63. The Morgan fingerprint density at radius 1 is 1.05 bits per heavy atom. The lowest BCUT2D eigenvalue weighted by molar-refractivity contribution is 0.747. The number of anilines is 1. The van der Waals surface area contributed by atoms with Crippen molar-refractivity contribution >= 4 is 21.6 Å². The Morgan fingerprint density at radius 3 is 2.35 bits per heavy atom. The molecule has 0 spiro atoms. The molecule has 20 heavy (non-hydrogen) atoms. The normalized spacial score (nSPS) is 12.2. The maximum atomic E-state index is 3.69. The molecule has 1 N–H and O–H groups in total. The molecule has 0 amide bonds. The molecule has 1 unspecified atom stereocenters. The lowest BCUT2D eigenvalue weighted by Gasteiger charge is -2.21. The van der Waals surface area contributed by atoms with E-state index in [-0.39, 0.29) is 0 Å². The highest BCUT2D eigenvalue weighted by Crippen LogP contribution is 2.27. The Bertz CT molecular complexity index is 560. The van der Waals surface area contributed by atoms with Crippen LogP contribution in [0.25, 0.3) is 0 Å². The van der Waals surface area contributed by atoms with Crippen LogP contribution in [0, 0.1) is 6.92 Å². The van der Waals surface area contributed by atoms with E-state index in [0.29, 0.717) is 6.04 Å². The summed E-state index contributed by atoms with van der Waals surface area (Å²) in [5.74, 6) is 0. The molecule has 2 aromatic rings. The largest absolute Gasteiger partial charge is 0.378 e. The molecule has 2 aromatic carbocycles.